The molecular formula is C12H17N5S. The molecule has 1 aliphatic rings. The van der Waals surface area contributed by atoms with E-state index in [0.717, 1.165) is 31.7 Å². The van der Waals surface area contributed by atoms with Crippen LogP contribution in [0.2, 0.25) is 0 Å². The maximum atomic E-state index is 4.37. The van der Waals surface area contributed by atoms with E-state index in [9.17, 15) is 0 Å². The number of fused-ring (bicyclic) bond motifs is 1. The molecule has 5 nitrogen and oxygen atoms in total. The van der Waals surface area contributed by atoms with Gasteiger partial charge >= 0.3 is 0 Å². The number of likely N-dealkylation sites (N-methyl/N-ethyl adjacent to an activating group) is 1. The lowest BCUT2D eigenvalue weighted by Crippen LogP contribution is -2.43. The fourth-order valence-corrected chi connectivity index (χ4v) is 2.94. The molecule has 3 rings (SSSR count). The summed E-state index contributed by atoms with van der Waals surface area (Å²) in [6.07, 6.45) is 2.79. The van der Waals surface area contributed by atoms with Gasteiger partial charge in [-0.25, -0.2) is 9.97 Å². The molecular weight excluding hydrogens is 246 g/mol. The summed E-state index contributed by atoms with van der Waals surface area (Å²) in [5.41, 5.74) is 5.48. The van der Waals surface area contributed by atoms with Gasteiger partial charge in [0.25, 0.3) is 0 Å². The summed E-state index contributed by atoms with van der Waals surface area (Å²) in [6, 6.07) is 0.476. The molecule has 2 aromatic rings. The molecule has 2 aromatic heterocycles. The third kappa shape index (κ3) is 2.60. The Morgan fingerprint density at radius 2 is 2.44 bits per heavy atom. The first-order valence-electron chi connectivity index (χ1n) is 6.11. The lowest BCUT2D eigenvalue weighted by molar-refractivity contribution is 0.270. The normalized spacial score (nSPS) is 19.1. The van der Waals surface area contributed by atoms with Crippen LogP contribution in [-0.4, -0.2) is 39.5 Å². The van der Waals surface area contributed by atoms with Crippen molar-refractivity contribution in [1.29, 1.82) is 0 Å². The van der Waals surface area contributed by atoms with Crippen molar-refractivity contribution in [3.63, 3.8) is 0 Å². The molecule has 0 aromatic carbocycles. The van der Waals surface area contributed by atoms with Crippen LogP contribution in [0.1, 0.15) is 17.1 Å². The minimum absolute atomic E-state index is 0.476. The minimum atomic E-state index is 0.476. The van der Waals surface area contributed by atoms with Gasteiger partial charge in [0.15, 0.2) is 0 Å². The van der Waals surface area contributed by atoms with Crippen LogP contribution in [0.4, 0.5) is 0 Å². The van der Waals surface area contributed by atoms with Crippen molar-refractivity contribution < 1.29 is 0 Å². The maximum absolute atomic E-state index is 4.37. The lowest BCUT2D eigenvalue weighted by Gasteiger charge is -2.27. The van der Waals surface area contributed by atoms with Crippen LogP contribution in [0, 0.1) is 0 Å². The fraction of sp³-hybridized carbons (Fsp3) is 0.500. The molecule has 0 saturated carbocycles. The highest BCUT2D eigenvalue weighted by molar-refractivity contribution is 7.07. The van der Waals surface area contributed by atoms with Crippen LogP contribution in [-0.2, 0) is 19.5 Å². The van der Waals surface area contributed by atoms with Gasteiger partial charge in [-0.05, 0) is 7.05 Å². The van der Waals surface area contributed by atoms with Gasteiger partial charge in [0, 0.05) is 37.5 Å². The molecule has 2 N–H and O–H groups in total. The topological polar surface area (TPSA) is 56.8 Å². The number of H-pyrrole nitrogens is 1. The quantitative estimate of drug-likeness (QED) is 0.864. The van der Waals surface area contributed by atoms with E-state index in [-0.39, 0.29) is 0 Å². The second-order valence-electron chi connectivity index (χ2n) is 4.79. The Balaban J connectivity index is 1.54. The molecule has 0 saturated heterocycles. The third-order valence-electron chi connectivity index (χ3n) is 3.26. The number of nitrogens with one attached hydrogen (secondary N) is 2. The van der Waals surface area contributed by atoms with Gasteiger partial charge in [-0.2, -0.15) is 0 Å². The zero-order valence-electron chi connectivity index (χ0n) is 10.4. The number of aromatic nitrogens is 3. The lowest BCUT2D eigenvalue weighted by atomic mass is 10.1. The summed E-state index contributed by atoms with van der Waals surface area (Å²) in [4.78, 5) is 14.2. The fourth-order valence-electron chi connectivity index (χ4n) is 2.39. The Hall–Kier alpha value is -1.24. The van der Waals surface area contributed by atoms with Crippen molar-refractivity contribution >= 4 is 11.3 Å². The van der Waals surface area contributed by atoms with E-state index in [2.05, 4.69) is 37.6 Å². The molecule has 0 radical (unpaired) electrons. The molecule has 96 valence electrons. The van der Waals surface area contributed by atoms with E-state index in [1.165, 1.54) is 11.4 Å². The van der Waals surface area contributed by atoms with Crippen LogP contribution in [0.15, 0.2) is 17.2 Å². The van der Waals surface area contributed by atoms with Crippen LogP contribution in [0.25, 0.3) is 0 Å². The summed E-state index contributed by atoms with van der Waals surface area (Å²) in [6.45, 7) is 2.82. The zero-order chi connectivity index (χ0) is 12.4. The summed E-state index contributed by atoms with van der Waals surface area (Å²) in [5, 5.41) is 5.65. The van der Waals surface area contributed by atoms with E-state index in [4.69, 9.17) is 0 Å². The van der Waals surface area contributed by atoms with Crippen molar-refractivity contribution in [3.8, 4) is 0 Å². The van der Waals surface area contributed by atoms with Crippen LogP contribution in [0.3, 0.4) is 0 Å². The van der Waals surface area contributed by atoms with Crippen molar-refractivity contribution in [2.45, 2.75) is 25.6 Å². The Morgan fingerprint density at radius 1 is 1.50 bits per heavy atom. The molecule has 0 bridgehead atoms. The molecule has 1 atom stereocenters. The Bertz CT molecular complexity index is 492. The second-order valence-corrected chi connectivity index (χ2v) is 5.50. The highest BCUT2D eigenvalue weighted by atomic mass is 32.1. The first-order valence-corrected chi connectivity index (χ1v) is 7.05. The molecule has 0 amide bonds. The van der Waals surface area contributed by atoms with Gasteiger partial charge in [0.2, 0.25) is 0 Å². The Kier molecular flexibility index (Phi) is 3.40. The average Bonchev–Trinajstić information content (AvgIpc) is 2.98. The second kappa shape index (κ2) is 5.17. The van der Waals surface area contributed by atoms with Crippen molar-refractivity contribution in [2.24, 2.45) is 0 Å². The van der Waals surface area contributed by atoms with Gasteiger partial charge < -0.3 is 10.3 Å². The van der Waals surface area contributed by atoms with Gasteiger partial charge in [0.1, 0.15) is 0 Å². The molecule has 1 unspecified atom stereocenters. The summed E-state index contributed by atoms with van der Waals surface area (Å²) in [7, 11) is 2.14. The predicted molar refractivity (Wildman–Crippen MR) is 71.4 cm³/mol. The Labute approximate surface area is 110 Å². The van der Waals surface area contributed by atoms with E-state index in [0.29, 0.717) is 6.04 Å². The summed E-state index contributed by atoms with van der Waals surface area (Å²) in [5.74, 6) is 0. The number of thiazole rings is 1. The number of nitrogens with zero attached hydrogens (tertiary/aromatic N) is 3. The first-order chi connectivity index (χ1) is 8.81. The monoisotopic (exact) mass is 263 g/mol. The van der Waals surface area contributed by atoms with Gasteiger partial charge in [-0.15, -0.1) is 11.3 Å². The number of rotatable bonds is 4. The zero-order valence-corrected chi connectivity index (χ0v) is 11.2. The van der Waals surface area contributed by atoms with Crippen LogP contribution >= 0.6 is 11.3 Å². The predicted octanol–water partition coefficient (Wildman–Crippen LogP) is 1.01. The number of hydrogen-bond donors (Lipinski definition) is 2. The first kappa shape index (κ1) is 11.8. The van der Waals surface area contributed by atoms with Gasteiger partial charge in [-0.3, -0.25) is 4.90 Å². The molecule has 6 heteroatoms. The molecule has 18 heavy (non-hydrogen) atoms. The van der Waals surface area contributed by atoms with E-state index >= 15 is 0 Å². The average molecular weight is 263 g/mol. The maximum Gasteiger partial charge on any atom is 0.0925 e. The molecule has 0 spiro atoms. The standard InChI is InChI=1S/C12H17N5S/c1-17(5-10-6-18-8-16-10)4-9-2-11-12(3-13-9)15-7-14-11/h6-9,13H,2-5H2,1H3,(H,14,15). The van der Waals surface area contributed by atoms with Crippen molar-refractivity contribution in [2.75, 3.05) is 13.6 Å². The van der Waals surface area contributed by atoms with Gasteiger partial charge in [-0.1, -0.05) is 0 Å². The summed E-state index contributed by atoms with van der Waals surface area (Å²) >= 11 is 1.65. The number of imidazole rings is 1. The number of aromatic amines is 1. The molecule has 0 fully saturated rings. The minimum Gasteiger partial charge on any atom is -0.347 e. The van der Waals surface area contributed by atoms with Crippen LogP contribution in [0.5, 0.6) is 0 Å². The molecule has 1 aliphatic heterocycles. The van der Waals surface area contributed by atoms with Crippen LogP contribution < -0.4 is 5.32 Å². The summed E-state index contributed by atoms with van der Waals surface area (Å²) < 4.78 is 0. The van der Waals surface area contributed by atoms with Crippen molar-refractivity contribution in [3.05, 3.63) is 34.3 Å². The smallest absolute Gasteiger partial charge is 0.0925 e. The van der Waals surface area contributed by atoms with E-state index in [1.54, 1.807) is 17.7 Å². The number of hydrogen-bond acceptors (Lipinski definition) is 5. The third-order valence-corrected chi connectivity index (χ3v) is 3.90. The van der Waals surface area contributed by atoms with Crippen molar-refractivity contribution in [1.82, 2.24) is 25.2 Å². The largest absolute Gasteiger partial charge is 0.347 e. The molecule has 0 aliphatic carbocycles. The SMILES string of the molecule is CN(Cc1cscn1)CC1Cc2nc[nH]c2CN1. The molecule has 3 heterocycles. The van der Waals surface area contributed by atoms with Gasteiger partial charge in [0.05, 0.1) is 28.9 Å². The Morgan fingerprint density at radius 3 is 3.28 bits per heavy atom. The highest BCUT2D eigenvalue weighted by Crippen LogP contribution is 2.13. The van der Waals surface area contributed by atoms with E-state index < -0.39 is 0 Å². The van der Waals surface area contributed by atoms with E-state index in [1.807, 2.05) is 5.51 Å². The highest BCUT2D eigenvalue weighted by Gasteiger charge is 2.21.